The summed E-state index contributed by atoms with van der Waals surface area (Å²) < 4.78 is 1.86. The van der Waals surface area contributed by atoms with Crippen LogP contribution in [0.3, 0.4) is 0 Å². The first-order valence-corrected chi connectivity index (χ1v) is 8.31. The van der Waals surface area contributed by atoms with Gasteiger partial charge in [0.15, 0.2) is 5.82 Å². The minimum absolute atomic E-state index is 0.246. The van der Waals surface area contributed by atoms with Gasteiger partial charge in [-0.1, -0.05) is 60.1 Å². The Morgan fingerprint density at radius 1 is 1.16 bits per heavy atom. The van der Waals surface area contributed by atoms with E-state index in [0.29, 0.717) is 17.4 Å². The Hall–Kier alpha value is -2.85. The van der Waals surface area contributed by atoms with Crippen molar-refractivity contribution in [1.29, 1.82) is 0 Å². The number of carbonyl (C=O) groups excluding carboxylic acids is 1. The normalized spacial score (nSPS) is 11.0. The predicted molar refractivity (Wildman–Crippen MR) is 102 cm³/mol. The largest absolute Gasteiger partial charge is 0.306 e. The van der Waals surface area contributed by atoms with Crippen molar-refractivity contribution in [2.24, 2.45) is 0 Å². The minimum atomic E-state index is -0.246. The molecule has 3 aromatic rings. The molecule has 0 fully saturated rings. The molecule has 3 rings (SSSR count). The molecule has 0 aliphatic rings. The van der Waals surface area contributed by atoms with Gasteiger partial charge in [0.25, 0.3) is 0 Å². The molecule has 0 saturated heterocycles. The van der Waals surface area contributed by atoms with Gasteiger partial charge in [-0.05, 0) is 30.2 Å². The quantitative estimate of drug-likeness (QED) is 0.686. The number of benzene rings is 2. The summed E-state index contributed by atoms with van der Waals surface area (Å²) in [5.74, 6) is 0.284. The Balaban J connectivity index is 1.66. The molecule has 1 aromatic heterocycles. The van der Waals surface area contributed by atoms with E-state index >= 15 is 0 Å². The van der Waals surface area contributed by atoms with E-state index in [1.54, 1.807) is 12.1 Å². The van der Waals surface area contributed by atoms with Crippen LogP contribution in [-0.4, -0.2) is 15.7 Å². The van der Waals surface area contributed by atoms with Gasteiger partial charge in [0.1, 0.15) is 0 Å². The van der Waals surface area contributed by atoms with E-state index in [1.807, 2.05) is 66.2 Å². The van der Waals surface area contributed by atoms with Crippen LogP contribution in [0.4, 0.5) is 5.82 Å². The van der Waals surface area contributed by atoms with Crippen LogP contribution in [0.15, 0.2) is 66.7 Å². The molecule has 25 heavy (non-hydrogen) atoms. The zero-order valence-corrected chi connectivity index (χ0v) is 14.6. The lowest BCUT2D eigenvalue weighted by molar-refractivity contribution is -0.111. The standard InChI is InChI=1S/C20H18ClN3O/c1-15-13-19(23-24(15)14-16-7-3-2-4-8-16)22-20(25)12-11-17-9-5-6-10-18(17)21/h2-13H,14H2,1H3,(H,22,23,25)/b12-11+. The van der Waals surface area contributed by atoms with Crippen LogP contribution in [0.5, 0.6) is 0 Å². The second-order valence-electron chi connectivity index (χ2n) is 5.66. The molecule has 4 nitrogen and oxygen atoms in total. The van der Waals surface area contributed by atoms with E-state index in [1.165, 1.54) is 6.08 Å². The van der Waals surface area contributed by atoms with Gasteiger partial charge in [0.2, 0.25) is 5.91 Å². The highest BCUT2D eigenvalue weighted by atomic mass is 35.5. The second-order valence-corrected chi connectivity index (χ2v) is 6.07. The molecular weight excluding hydrogens is 334 g/mol. The first kappa shape index (κ1) is 17.0. The minimum Gasteiger partial charge on any atom is -0.306 e. The SMILES string of the molecule is Cc1cc(NC(=O)/C=C/c2ccccc2Cl)nn1Cc1ccccc1. The van der Waals surface area contributed by atoms with Crippen molar-refractivity contribution in [3.05, 3.63) is 88.6 Å². The number of halogens is 1. The third kappa shape index (κ3) is 4.58. The number of aromatic nitrogens is 2. The summed E-state index contributed by atoms with van der Waals surface area (Å²) in [6.45, 7) is 2.63. The van der Waals surface area contributed by atoms with Crippen molar-refractivity contribution in [2.75, 3.05) is 5.32 Å². The number of carbonyl (C=O) groups is 1. The molecule has 0 saturated carbocycles. The average molecular weight is 352 g/mol. The topological polar surface area (TPSA) is 46.9 Å². The van der Waals surface area contributed by atoms with Gasteiger partial charge in [0, 0.05) is 22.9 Å². The van der Waals surface area contributed by atoms with E-state index in [-0.39, 0.29) is 5.91 Å². The lowest BCUT2D eigenvalue weighted by Crippen LogP contribution is -2.09. The summed E-state index contributed by atoms with van der Waals surface area (Å²) in [6, 6.07) is 19.3. The fraction of sp³-hybridized carbons (Fsp3) is 0.100. The molecule has 0 aliphatic heterocycles. The molecule has 2 aromatic carbocycles. The fourth-order valence-electron chi connectivity index (χ4n) is 2.43. The first-order chi connectivity index (χ1) is 12.1. The molecule has 126 valence electrons. The highest BCUT2D eigenvalue weighted by Gasteiger charge is 2.07. The second kappa shape index (κ2) is 7.81. The molecular formula is C20H18ClN3O. The van der Waals surface area contributed by atoms with Crippen molar-refractivity contribution < 1.29 is 4.79 Å². The van der Waals surface area contributed by atoms with Crippen molar-refractivity contribution in [3.63, 3.8) is 0 Å². The number of nitrogens with zero attached hydrogens (tertiary/aromatic N) is 2. The molecule has 1 amide bonds. The van der Waals surface area contributed by atoms with Gasteiger partial charge in [-0.15, -0.1) is 0 Å². The predicted octanol–water partition coefficient (Wildman–Crippen LogP) is 4.55. The smallest absolute Gasteiger partial charge is 0.249 e. The maximum Gasteiger partial charge on any atom is 0.249 e. The molecule has 5 heteroatoms. The van der Waals surface area contributed by atoms with Crippen LogP contribution in [-0.2, 0) is 11.3 Å². The Morgan fingerprint density at radius 3 is 2.64 bits per heavy atom. The number of anilines is 1. The van der Waals surface area contributed by atoms with Gasteiger partial charge >= 0.3 is 0 Å². The van der Waals surface area contributed by atoms with Gasteiger partial charge in [-0.3, -0.25) is 9.48 Å². The van der Waals surface area contributed by atoms with Crippen LogP contribution in [0.2, 0.25) is 5.02 Å². The van der Waals surface area contributed by atoms with Gasteiger partial charge < -0.3 is 5.32 Å². The number of amides is 1. The van der Waals surface area contributed by atoms with Crippen molar-refractivity contribution in [1.82, 2.24) is 9.78 Å². The van der Waals surface area contributed by atoms with Crippen LogP contribution >= 0.6 is 11.6 Å². The number of hydrogen-bond donors (Lipinski definition) is 1. The third-order valence-corrected chi connectivity index (χ3v) is 4.07. The first-order valence-electron chi connectivity index (χ1n) is 7.94. The Bertz CT molecular complexity index is 900. The van der Waals surface area contributed by atoms with Gasteiger partial charge in [-0.2, -0.15) is 5.10 Å². The Morgan fingerprint density at radius 2 is 1.88 bits per heavy atom. The Labute approximate surface area is 151 Å². The monoisotopic (exact) mass is 351 g/mol. The molecule has 0 radical (unpaired) electrons. The summed E-state index contributed by atoms with van der Waals surface area (Å²) in [5, 5.41) is 7.83. The molecule has 0 bridgehead atoms. The van der Waals surface area contributed by atoms with Gasteiger partial charge in [0.05, 0.1) is 6.54 Å². The highest BCUT2D eigenvalue weighted by molar-refractivity contribution is 6.32. The van der Waals surface area contributed by atoms with Crippen LogP contribution < -0.4 is 5.32 Å². The van der Waals surface area contributed by atoms with Gasteiger partial charge in [-0.25, -0.2) is 0 Å². The van der Waals surface area contributed by atoms with Crippen molar-refractivity contribution >= 4 is 29.4 Å². The molecule has 0 spiro atoms. The summed E-state index contributed by atoms with van der Waals surface area (Å²) in [6.07, 6.45) is 3.14. The third-order valence-electron chi connectivity index (χ3n) is 3.73. The van der Waals surface area contributed by atoms with E-state index in [2.05, 4.69) is 10.4 Å². The number of nitrogens with one attached hydrogen (secondary N) is 1. The van der Waals surface area contributed by atoms with E-state index < -0.39 is 0 Å². The zero-order valence-electron chi connectivity index (χ0n) is 13.8. The Kier molecular flexibility index (Phi) is 5.31. The maximum atomic E-state index is 12.1. The maximum absolute atomic E-state index is 12.1. The number of aryl methyl sites for hydroxylation is 1. The highest BCUT2D eigenvalue weighted by Crippen LogP contribution is 2.16. The molecule has 0 aliphatic carbocycles. The summed E-state index contributed by atoms with van der Waals surface area (Å²) in [4.78, 5) is 12.1. The molecule has 0 atom stereocenters. The van der Waals surface area contributed by atoms with Crippen molar-refractivity contribution in [2.45, 2.75) is 13.5 Å². The number of hydrogen-bond acceptors (Lipinski definition) is 2. The van der Waals surface area contributed by atoms with Crippen LogP contribution in [0, 0.1) is 6.92 Å². The average Bonchev–Trinajstić information content (AvgIpc) is 2.94. The summed E-state index contributed by atoms with van der Waals surface area (Å²) in [7, 11) is 0. The van der Waals surface area contributed by atoms with E-state index in [0.717, 1.165) is 16.8 Å². The fourth-order valence-corrected chi connectivity index (χ4v) is 2.63. The molecule has 0 unspecified atom stereocenters. The summed E-state index contributed by atoms with van der Waals surface area (Å²) in [5.41, 5.74) is 2.93. The summed E-state index contributed by atoms with van der Waals surface area (Å²) >= 11 is 6.07. The lowest BCUT2D eigenvalue weighted by atomic mass is 10.2. The van der Waals surface area contributed by atoms with Crippen molar-refractivity contribution in [3.8, 4) is 0 Å². The van der Waals surface area contributed by atoms with E-state index in [9.17, 15) is 4.79 Å². The molecule has 1 N–H and O–H groups in total. The number of rotatable bonds is 5. The zero-order chi connectivity index (χ0) is 17.6. The van der Waals surface area contributed by atoms with Crippen LogP contribution in [0.25, 0.3) is 6.08 Å². The van der Waals surface area contributed by atoms with Crippen LogP contribution in [0.1, 0.15) is 16.8 Å². The lowest BCUT2D eigenvalue weighted by Gasteiger charge is -2.04. The van der Waals surface area contributed by atoms with E-state index in [4.69, 9.17) is 11.6 Å². The molecule has 1 heterocycles.